The fraction of sp³-hybridized carbons (Fsp3) is 0.130. The number of nitrogens with zero attached hydrogens (tertiary/aromatic N) is 2. The smallest absolute Gasteiger partial charge is 0.272 e. The van der Waals surface area contributed by atoms with Gasteiger partial charge in [-0.15, -0.1) is 0 Å². The molecule has 1 amide bonds. The van der Waals surface area contributed by atoms with Crippen LogP contribution in [0.3, 0.4) is 0 Å². The molecule has 0 fully saturated rings. The number of nitro groups is 1. The van der Waals surface area contributed by atoms with Gasteiger partial charge in [0.25, 0.3) is 11.6 Å². The van der Waals surface area contributed by atoms with Gasteiger partial charge in [-0.3, -0.25) is 14.9 Å². The van der Waals surface area contributed by atoms with Crippen LogP contribution in [0.5, 0.6) is 11.5 Å². The number of benzene rings is 3. The zero-order valence-electron chi connectivity index (χ0n) is 17.4. The van der Waals surface area contributed by atoms with Crippen molar-refractivity contribution in [3.8, 4) is 11.5 Å². The van der Waals surface area contributed by atoms with Crippen molar-refractivity contribution in [2.24, 2.45) is 5.10 Å². The number of amides is 1. The lowest BCUT2D eigenvalue weighted by atomic mass is 10.1. The van der Waals surface area contributed by atoms with Crippen molar-refractivity contribution in [1.29, 1.82) is 0 Å². The lowest BCUT2D eigenvalue weighted by molar-refractivity contribution is -0.385. The molecule has 3 aromatic carbocycles. The second kappa shape index (κ2) is 10.5. The minimum atomic E-state index is -0.430. The van der Waals surface area contributed by atoms with Crippen LogP contribution in [0.2, 0.25) is 0 Å². The lowest BCUT2D eigenvalue weighted by Crippen LogP contribution is -2.17. The molecule has 0 aliphatic heterocycles. The van der Waals surface area contributed by atoms with Crippen LogP contribution < -0.4 is 14.9 Å². The zero-order chi connectivity index (χ0) is 23.1. The van der Waals surface area contributed by atoms with Crippen molar-refractivity contribution >= 4 is 33.7 Å². The summed E-state index contributed by atoms with van der Waals surface area (Å²) < 4.78 is 12.0. The van der Waals surface area contributed by atoms with Crippen LogP contribution in [-0.4, -0.2) is 24.2 Å². The Morgan fingerprint density at radius 1 is 1.19 bits per heavy atom. The lowest BCUT2D eigenvalue weighted by Gasteiger charge is -2.11. The van der Waals surface area contributed by atoms with Gasteiger partial charge >= 0.3 is 0 Å². The van der Waals surface area contributed by atoms with Gasteiger partial charge < -0.3 is 9.47 Å². The van der Waals surface area contributed by atoms with Crippen LogP contribution >= 0.6 is 15.9 Å². The number of halogens is 1. The third-order valence-corrected chi connectivity index (χ3v) is 5.02. The molecule has 9 heteroatoms. The standard InChI is InChI=1S/C23H20BrN3O5/c1-15-10-20(7-8-21(15)27(29)30)32-14-18-11-16(6-9-22(18)31-2)13-25-26-23(28)17-4-3-5-19(24)12-17/h3-13H,14H2,1-2H3,(H,26,28)/b25-13-. The molecule has 8 nitrogen and oxygen atoms in total. The van der Waals surface area contributed by atoms with Crippen molar-refractivity contribution in [3.63, 3.8) is 0 Å². The number of hydrogen-bond acceptors (Lipinski definition) is 6. The third-order valence-electron chi connectivity index (χ3n) is 4.53. The molecule has 0 spiro atoms. The Labute approximate surface area is 193 Å². The minimum Gasteiger partial charge on any atom is -0.496 e. The van der Waals surface area contributed by atoms with Gasteiger partial charge in [0.2, 0.25) is 0 Å². The monoisotopic (exact) mass is 497 g/mol. The Morgan fingerprint density at radius 2 is 2.00 bits per heavy atom. The average molecular weight is 498 g/mol. The van der Waals surface area contributed by atoms with Crippen molar-refractivity contribution in [1.82, 2.24) is 5.43 Å². The summed E-state index contributed by atoms with van der Waals surface area (Å²) in [6.45, 7) is 1.84. The molecular weight excluding hydrogens is 478 g/mol. The van der Waals surface area contributed by atoms with Crippen molar-refractivity contribution in [3.05, 3.63) is 97.5 Å². The summed E-state index contributed by atoms with van der Waals surface area (Å²) in [5, 5.41) is 15.0. The molecule has 0 bridgehead atoms. The first-order chi connectivity index (χ1) is 15.4. The number of carbonyl (C=O) groups excluding carboxylic acids is 1. The van der Waals surface area contributed by atoms with E-state index in [9.17, 15) is 14.9 Å². The van der Waals surface area contributed by atoms with Gasteiger partial charge in [-0.05, 0) is 61.0 Å². The maximum atomic E-state index is 12.2. The van der Waals surface area contributed by atoms with Crippen LogP contribution in [0.1, 0.15) is 27.0 Å². The number of nitrogens with one attached hydrogen (secondary N) is 1. The van der Waals surface area contributed by atoms with E-state index in [1.54, 1.807) is 56.5 Å². The predicted molar refractivity (Wildman–Crippen MR) is 124 cm³/mol. The fourth-order valence-electron chi connectivity index (χ4n) is 2.93. The van der Waals surface area contributed by atoms with Crippen molar-refractivity contribution in [2.75, 3.05) is 7.11 Å². The summed E-state index contributed by atoms with van der Waals surface area (Å²) in [5.41, 5.74) is 5.02. The van der Waals surface area contributed by atoms with Gasteiger partial charge in [-0.2, -0.15) is 5.10 Å². The van der Waals surface area contributed by atoms with Gasteiger partial charge in [-0.1, -0.05) is 22.0 Å². The molecule has 0 saturated heterocycles. The van der Waals surface area contributed by atoms with E-state index in [1.807, 2.05) is 12.1 Å². The first-order valence-corrected chi connectivity index (χ1v) is 10.3. The Hall–Kier alpha value is -3.72. The second-order valence-corrected chi connectivity index (χ2v) is 7.69. The van der Waals surface area contributed by atoms with Crippen LogP contribution in [0.15, 0.2) is 70.2 Å². The number of ether oxygens (including phenoxy) is 2. The van der Waals surface area contributed by atoms with Gasteiger partial charge in [0.1, 0.15) is 18.1 Å². The highest BCUT2D eigenvalue weighted by molar-refractivity contribution is 9.10. The Bertz CT molecular complexity index is 1180. The highest BCUT2D eigenvalue weighted by Gasteiger charge is 2.12. The molecule has 0 aliphatic rings. The summed E-state index contributed by atoms with van der Waals surface area (Å²) in [7, 11) is 1.56. The molecule has 0 saturated carbocycles. The fourth-order valence-corrected chi connectivity index (χ4v) is 3.33. The highest BCUT2D eigenvalue weighted by atomic mass is 79.9. The van der Waals surface area contributed by atoms with Crippen LogP contribution in [0, 0.1) is 17.0 Å². The molecule has 1 N–H and O–H groups in total. The Balaban J connectivity index is 1.68. The van der Waals surface area contributed by atoms with Gasteiger partial charge in [-0.25, -0.2) is 5.43 Å². The molecule has 32 heavy (non-hydrogen) atoms. The highest BCUT2D eigenvalue weighted by Crippen LogP contribution is 2.26. The van der Waals surface area contributed by atoms with E-state index >= 15 is 0 Å². The normalized spacial score (nSPS) is 10.7. The first-order valence-electron chi connectivity index (χ1n) is 9.51. The maximum Gasteiger partial charge on any atom is 0.272 e. The summed E-state index contributed by atoms with van der Waals surface area (Å²) >= 11 is 3.33. The summed E-state index contributed by atoms with van der Waals surface area (Å²) in [5.74, 6) is 0.808. The Morgan fingerprint density at radius 3 is 2.69 bits per heavy atom. The molecule has 0 unspecified atom stereocenters. The number of aryl methyl sites for hydroxylation is 1. The number of carbonyl (C=O) groups is 1. The Kier molecular flexibility index (Phi) is 7.56. The van der Waals surface area contributed by atoms with E-state index in [-0.39, 0.29) is 18.2 Å². The molecule has 0 radical (unpaired) electrons. The molecule has 0 heterocycles. The minimum absolute atomic E-state index is 0.0399. The number of rotatable bonds is 8. The molecule has 3 aromatic rings. The molecular formula is C23H20BrN3O5. The van der Waals surface area contributed by atoms with E-state index in [1.165, 1.54) is 12.3 Å². The summed E-state index contributed by atoms with van der Waals surface area (Å²) in [6.07, 6.45) is 1.52. The topological polar surface area (TPSA) is 103 Å². The van der Waals surface area contributed by atoms with Crippen LogP contribution in [-0.2, 0) is 6.61 Å². The quantitative estimate of drug-likeness (QED) is 0.267. The first kappa shape index (κ1) is 23.0. The maximum absolute atomic E-state index is 12.2. The molecule has 0 aliphatic carbocycles. The largest absolute Gasteiger partial charge is 0.496 e. The SMILES string of the molecule is COc1ccc(/C=N\NC(=O)c2cccc(Br)c2)cc1COc1ccc([N+](=O)[O-])c(C)c1. The van der Waals surface area contributed by atoms with E-state index in [0.717, 1.165) is 15.6 Å². The van der Waals surface area contributed by atoms with Crippen LogP contribution in [0.25, 0.3) is 0 Å². The molecule has 0 atom stereocenters. The number of nitro benzene ring substituents is 1. The van der Waals surface area contributed by atoms with Crippen molar-refractivity contribution in [2.45, 2.75) is 13.5 Å². The number of hydrogen-bond donors (Lipinski definition) is 1. The predicted octanol–water partition coefficient (Wildman–Crippen LogP) is 5.02. The average Bonchev–Trinajstić information content (AvgIpc) is 2.77. The van der Waals surface area contributed by atoms with Gasteiger partial charge in [0.15, 0.2) is 0 Å². The van der Waals surface area contributed by atoms with E-state index < -0.39 is 4.92 Å². The third kappa shape index (κ3) is 5.92. The van der Waals surface area contributed by atoms with Crippen molar-refractivity contribution < 1.29 is 19.2 Å². The summed E-state index contributed by atoms with van der Waals surface area (Å²) in [6, 6.07) is 17.0. The van der Waals surface area contributed by atoms with Gasteiger partial charge in [0, 0.05) is 27.2 Å². The summed E-state index contributed by atoms with van der Waals surface area (Å²) in [4.78, 5) is 22.7. The van der Waals surface area contributed by atoms with E-state index in [0.29, 0.717) is 22.6 Å². The number of hydrazone groups is 1. The molecule has 3 rings (SSSR count). The molecule has 0 aromatic heterocycles. The van der Waals surface area contributed by atoms with Gasteiger partial charge in [0.05, 0.1) is 18.2 Å². The van der Waals surface area contributed by atoms with E-state index in [2.05, 4.69) is 26.5 Å². The number of methoxy groups -OCH3 is 1. The zero-order valence-corrected chi connectivity index (χ0v) is 19.0. The van der Waals surface area contributed by atoms with Crippen LogP contribution in [0.4, 0.5) is 5.69 Å². The van der Waals surface area contributed by atoms with E-state index in [4.69, 9.17) is 9.47 Å². The molecule has 164 valence electrons. The second-order valence-electron chi connectivity index (χ2n) is 6.77.